The van der Waals surface area contributed by atoms with E-state index in [0.717, 1.165) is 62.7 Å². The molecule has 0 saturated heterocycles. The Labute approximate surface area is 250 Å². The maximum atomic E-state index is 14.2. The Morgan fingerprint density at radius 1 is 0.452 bits per heavy atom. The lowest BCUT2D eigenvalue weighted by atomic mass is 9.82. The van der Waals surface area contributed by atoms with Crippen LogP contribution in [0, 0.1) is 0 Å². The second kappa shape index (κ2) is 13.2. The van der Waals surface area contributed by atoms with Gasteiger partial charge in [0.05, 0.1) is 22.5 Å². The van der Waals surface area contributed by atoms with Crippen molar-refractivity contribution in [3.63, 3.8) is 0 Å². The first-order valence-corrected chi connectivity index (χ1v) is 15.6. The Bertz CT molecular complexity index is 1450. The molecular formula is C38H42N2O2. The minimum absolute atomic E-state index is 0.119. The van der Waals surface area contributed by atoms with Crippen molar-refractivity contribution in [2.24, 2.45) is 0 Å². The minimum atomic E-state index is -0.119. The lowest BCUT2D eigenvalue weighted by Gasteiger charge is -2.26. The average Bonchev–Trinajstić information content (AvgIpc) is 3.00. The summed E-state index contributed by atoms with van der Waals surface area (Å²) in [6, 6.07) is 24.0. The average molecular weight is 559 g/mol. The van der Waals surface area contributed by atoms with Crippen LogP contribution in [0.5, 0.6) is 0 Å². The molecule has 4 nitrogen and oxygen atoms in total. The standard InChI is InChI=1S/C38H42N2O2/c1-5-13-25-17-11-18-26(14-6-2)35(25)39-31-23-24-32(40-36-27(15-7-3)19-12-20-28(36)16-8-4)34-33(31)37(41)29-21-9-10-22-30(29)38(34)42/h9-12,17-24,39-40H,5-8,13-16H2,1-4H3. The van der Waals surface area contributed by atoms with Gasteiger partial charge in [0.25, 0.3) is 0 Å². The zero-order valence-corrected chi connectivity index (χ0v) is 25.4. The highest BCUT2D eigenvalue weighted by atomic mass is 16.1. The molecule has 0 spiro atoms. The van der Waals surface area contributed by atoms with E-state index in [1.165, 1.54) is 22.3 Å². The molecule has 0 unspecified atom stereocenters. The number of hydrogen-bond donors (Lipinski definition) is 2. The number of rotatable bonds is 12. The molecular weight excluding hydrogens is 516 g/mol. The Hall–Kier alpha value is -4.18. The van der Waals surface area contributed by atoms with Gasteiger partial charge in [0, 0.05) is 22.5 Å². The molecule has 0 fully saturated rings. The number of nitrogens with one attached hydrogen (secondary N) is 2. The highest BCUT2D eigenvalue weighted by molar-refractivity contribution is 6.32. The summed E-state index contributed by atoms with van der Waals surface area (Å²) in [6.07, 6.45) is 7.83. The summed E-state index contributed by atoms with van der Waals surface area (Å²) in [5.74, 6) is -0.237. The molecule has 0 bridgehead atoms. The fourth-order valence-electron chi connectivity index (χ4n) is 6.24. The van der Waals surface area contributed by atoms with Crippen molar-refractivity contribution in [1.82, 2.24) is 0 Å². The molecule has 2 N–H and O–H groups in total. The molecule has 0 heterocycles. The summed E-state index contributed by atoms with van der Waals surface area (Å²) in [7, 11) is 0. The van der Waals surface area contributed by atoms with Gasteiger partial charge in [-0.1, -0.05) is 114 Å². The molecule has 4 aromatic rings. The molecule has 0 amide bonds. The van der Waals surface area contributed by atoms with Crippen molar-refractivity contribution < 1.29 is 9.59 Å². The second-order valence-electron chi connectivity index (χ2n) is 11.3. The first kappa shape index (κ1) is 29.3. The van der Waals surface area contributed by atoms with Gasteiger partial charge in [0.2, 0.25) is 0 Å². The molecule has 4 aromatic carbocycles. The molecule has 5 rings (SSSR count). The van der Waals surface area contributed by atoms with Crippen molar-refractivity contribution in [2.45, 2.75) is 79.1 Å². The summed E-state index contributed by atoms with van der Waals surface area (Å²) in [6.45, 7) is 8.73. The number of hydrogen-bond acceptors (Lipinski definition) is 4. The second-order valence-corrected chi connectivity index (χ2v) is 11.3. The van der Waals surface area contributed by atoms with Crippen molar-refractivity contribution in [1.29, 1.82) is 0 Å². The molecule has 0 atom stereocenters. The third kappa shape index (κ3) is 5.63. The normalized spacial score (nSPS) is 12.2. The van der Waals surface area contributed by atoms with Crippen molar-refractivity contribution in [3.8, 4) is 0 Å². The van der Waals surface area contributed by atoms with Crippen molar-refractivity contribution in [2.75, 3.05) is 10.6 Å². The van der Waals surface area contributed by atoms with Crippen LogP contribution in [-0.2, 0) is 25.7 Å². The first-order chi connectivity index (χ1) is 20.5. The SMILES string of the molecule is CCCc1cccc(CCC)c1Nc1ccc(Nc2c(CCC)cccc2CCC)c2c1C(=O)c1ccccc1C2=O. The van der Waals surface area contributed by atoms with Crippen LogP contribution in [0.4, 0.5) is 22.7 Å². The Morgan fingerprint density at radius 2 is 0.786 bits per heavy atom. The maximum Gasteiger partial charge on any atom is 0.196 e. The van der Waals surface area contributed by atoms with Crippen LogP contribution in [0.15, 0.2) is 72.8 Å². The number of anilines is 4. The van der Waals surface area contributed by atoms with Crippen molar-refractivity contribution >= 4 is 34.3 Å². The van der Waals surface area contributed by atoms with Gasteiger partial charge in [0.1, 0.15) is 0 Å². The highest BCUT2D eigenvalue weighted by Gasteiger charge is 2.34. The number of benzene rings is 4. The zero-order valence-electron chi connectivity index (χ0n) is 25.4. The fourth-order valence-corrected chi connectivity index (χ4v) is 6.24. The summed E-state index contributed by atoms with van der Waals surface area (Å²) in [5, 5.41) is 7.35. The first-order valence-electron chi connectivity index (χ1n) is 15.6. The Balaban J connectivity index is 1.70. The topological polar surface area (TPSA) is 58.2 Å². The van der Waals surface area contributed by atoms with E-state index in [-0.39, 0.29) is 11.6 Å². The van der Waals surface area contributed by atoms with Crippen LogP contribution in [0.25, 0.3) is 0 Å². The van der Waals surface area contributed by atoms with Crippen LogP contribution >= 0.6 is 0 Å². The quantitative estimate of drug-likeness (QED) is 0.160. The number of carbonyl (C=O) groups excluding carboxylic acids is 2. The van der Waals surface area contributed by atoms with E-state index in [2.05, 4.69) is 74.7 Å². The number of carbonyl (C=O) groups is 2. The maximum absolute atomic E-state index is 14.2. The van der Waals surface area contributed by atoms with E-state index in [1.807, 2.05) is 24.3 Å². The molecule has 42 heavy (non-hydrogen) atoms. The predicted octanol–water partition coefficient (Wildman–Crippen LogP) is 9.76. The summed E-state index contributed by atoms with van der Waals surface area (Å²) in [4.78, 5) is 28.4. The lowest BCUT2D eigenvalue weighted by molar-refractivity contribution is 0.0980. The lowest BCUT2D eigenvalue weighted by Crippen LogP contribution is -2.24. The number of ketones is 2. The smallest absolute Gasteiger partial charge is 0.196 e. The molecule has 0 aliphatic heterocycles. The van der Waals surface area contributed by atoms with Crippen molar-refractivity contribution in [3.05, 3.63) is 117 Å². The van der Waals surface area contributed by atoms with Gasteiger partial charge in [-0.3, -0.25) is 9.59 Å². The van der Waals surface area contributed by atoms with Crippen LogP contribution in [0.3, 0.4) is 0 Å². The van der Waals surface area contributed by atoms with E-state index >= 15 is 0 Å². The minimum Gasteiger partial charge on any atom is -0.354 e. The van der Waals surface area contributed by atoms with Gasteiger partial charge in [-0.2, -0.15) is 0 Å². The molecule has 0 radical (unpaired) electrons. The summed E-state index contributed by atoms with van der Waals surface area (Å²) < 4.78 is 0. The third-order valence-corrected chi connectivity index (χ3v) is 8.15. The monoisotopic (exact) mass is 558 g/mol. The van der Waals surface area contributed by atoms with Crippen LogP contribution in [0.2, 0.25) is 0 Å². The van der Waals surface area contributed by atoms with Gasteiger partial charge in [0.15, 0.2) is 11.6 Å². The van der Waals surface area contributed by atoms with E-state index in [1.54, 1.807) is 12.1 Å². The van der Waals surface area contributed by atoms with E-state index in [4.69, 9.17) is 0 Å². The Morgan fingerprint density at radius 3 is 1.10 bits per heavy atom. The molecule has 1 aliphatic rings. The fraction of sp³-hybridized carbons (Fsp3) is 0.316. The predicted molar refractivity (Wildman–Crippen MR) is 175 cm³/mol. The number of fused-ring (bicyclic) bond motifs is 2. The van der Waals surface area contributed by atoms with E-state index < -0.39 is 0 Å². The Kier molecular flexibility index (Phi) is 9.22. The van der Waals surface area contributed by atoms with Gasteiger partial charge >= 0.3 is 0 Å². The largest absolute Gasteiger partial charge is 0.354 e. The molecule has 1 aliphatic carbocycles. The van der Waals surface area contributed by atoms with Gasteiger partial charge < -0.3 is 10.6 Å². The summed E-state index contributed by atoms with van der Waals surface area (Å²) in [5.41, 5.74) is 10.2. The third-order valence-electron chi connectivity index (χ3n) is 8.15. The van der Waals surface area contributed by atoms with Crippen LogP contribution in [0.1, 0.15) is 107 Å². The summed E-state index contributed by atoms with van der Waals surface area (Å²) >= 11 is 0. The number of aryl methyl sites for hydroxylation is 4. The zero-order chi connectivity index (χ0) is 29.6. The van der Waals surface area contributed by atoms with Gasteiger partial charge in [-0.05, 0) is 60.1 Å². The van der Waals surface area contributed by atoms with Gasteiger partial charge in [-0.15, -0.1) is 0 Å². The molecule has 4 heteroatoms. The van der Waals surface area contributed by atoms with Crippen LogP contribution < -0.4 is 10.6 Å². The molecule has 216 valence electrons. The van der Waals surface area contributed by atoms with E-state index in [0.29, 0.717) is 33.6 Å². The van der Waals surface area contributed by atoms with Crippen LogP contribution in [-0.4, -0.2) is 11.6 Å². The van der Waals surface area contributed by atoms with Gasteiger partial charge in [-0.25, -0.2) is 0 Å². The molecule has 0 saturated carbocycles. The molecule has 0 aromatic heterocycles. The highest BCUT2D eigenvalue weighted by Crippen LogP contribution is 2.40. The number of para-hydroxylation sites is 2. The van der Waals surface area contributed by atoms with E-state index in [9.17, 15) is 9.59 Å².